The van der Waals surface area contributed by atoms with Crippen molar-refractivity contribution in [3.8, 4) is 0 Å². The van der Waals surface area contributed by atoms with Gasteiger partial charge in [-0.25, -0.2) is 0 Å². The molecule has 53 heavy (non-hydrogen) atoms. The maximum atomic E-state index is 12.9. The molecule has 312 valence electrons. The molecule has 9 nitrogen and oxygen atoms in total. The Labute approximate surface area is 324 Å². The molecule has 0 saturated carbocycles. The predicted octanol–water partition coefficient (Wildman–Crippen LogP) is 8.72. The van der Waals surface area contributed by atoms with Gasteiger partial charge in [-0.1, -0.05) is 167 Å². The van der Waals surface area contributed by atoms with Crippen molar-refractivity contribution in [2.24, 2.45) is 0 Å². The lowest BCUT2D eigenvalue weighted by molar-refractivity contribution is -0.302. The molecule has 1 amide bonds. The first-order chi connectivity index (χ1) is 25.8. The Morgan fingerprint density at radius 2 is 1.06 bits per heavy atom. The number of unbranched alkanes of at least 4 members (excludes halogenated alkanes) is 24. The molecule has 1 rings (SSSR count). The van der Waals surface area contributed by atoms with Gasteiger partial charge in [0.1, 0.15) is 24.4 Å². The smallest absolute Gasteiger partial charge is 0.220 e. The fourth-order valence-electron chi connectivity index (χ4n) is 6.91. The van der Waals surface area contributed by atoms with E-state index in [1.54, 1.807) is 6.08 Å². The minimum Gasteiger partial charge on any atom is -0.394 e. The summed E-state index contributed by atoms with van der Waals surface area (Å²) in [6.45, 7) is 3.73. The third-order valence-corrected chi connectivity index (χ3v) is 10.5. The molecule has 1 heterocycles. The highest BCUT2D eigenvalue weighted by Crippen LogP contribution is 2.22. The summed E-state index contributed by atoms with van der Waals surface area (Å²) in [5.74, 6) is -0.180. The maximum absolute atomic E-state index is 12.9. The summed E-state index contributed by atoms with van der Waals surface area (Å²) in [6.07, 6.45) is 33.7. The third kappa shape index (κ3) is 26.2. The van der Waals surface area contributed by atoms with E-state index in [2.05, 4.69) is 31.3 Å². The molecule has 0 aromatic rings. The largest absolute Gasteiger partial charge is 0.394 e. The highest BCUT2D eigenvalue weighted by molar-refractivity contribution is 5.76. The Kier molecular flexibility index (Phi) is 32.9. The van der Waals surface area contributed by atoms with Gasteiger partial charge < -0.3 is 40.3 Å². The van der Waals surface area contributed by atoms with Crippen molar-refractivity contribution in [3.05, 3.63) is 24.3 Å². The van der Waals surface area contributed by atoms with Gasteiger partial charge >= 0.3 is 0 Å². The zero-order chi connectivity index (χ0) is 38.8. The highest BCUT2D eigenvalue weighted by Gasteiger charge is 2.44. The predicted molar refractivity (Wildman–Crippen MR) is 217 cm³/mol. The molecule has 0 aliphatic carbocycles. The fraction of sp³-hybridized carbons (Fsp3) is 0.886. The van der Waals surface area contributed by atoms with Gasteiger partial charge in [-0.05, 0) is 44.9 Å². The van der Waals surface area contributed by atoms with E-state index >= 15 is 0 Å². The molecular weight excluding hydrogens is 670 g/mol. The number of aliphatic hydroxyl groups is 5. The molecular formula is C44H83NO8. The van der Waals surface area contributed by atoms with Crippen LogP contribution in [0.5, 0.6) is 0 Å². The number of aliphatic hydroxyl groups excluding tert-OH is 5. The second kappa shape index (κ2) is 35.1. The van der Waals surface area contributed by atoms with Gasteiger partial charge in [0.05, 0.1) is 25.4 Å². The van der Waals surface area contributed by atoms with Gasteiger partial charge in [-0.3, -0.25) is 4.79 Å². The van der Waals surface area contributed by atoms with Crippen molar-refractivity contribution >= 4 is 5.91 Å². The monoisotopic (exact) mass is 754 g/mol. The molecule has 2 unspecified atom stereocenters. The van der Waals surface area contributed by atoms with Crippen LogP contribution in [0.15, 0.2) is 24.3 Å². The van der Waals surface area contributed by atoms with Crippen molar-refractivity contribution < 1.29 is 39.8 Å². The number of allylic oxidation sites excluding steroid dienone is 3. The summed E-state index contributed by atoms with van der Waals surface area (Å²) in [6, 6.07) is -0.800. The third-order valence-electron chi connectivity index (χ3n) is 10.5. The van der Waals surface area contributed by atoms with Crippen LogP contribution in [0.1, 0.15) is 194 Å². The van der Waals surface area contributed by atoms with Crippen molar-refractivity contribution in [1.29, 1.82) is 0 Å². The summed E-state index contributed by atoms with van der Waals surface area (Å²) in [7, 11) is 0. The first kappa shape index (κ1) is 49.7. The van der Waals surface area contributed by atoms with Gasteiger partial charge in [0, 0.05) is 6.42 Å². The fourth-order valence-corrected chi connectivity index (χ4v) is 6.91. The average molecular weight is 754 g/mol. The van der Waals surface area contributed by atoms with Crippen LogP contribution in [0.3, 0.4) is 0 Å². The van der Waals surface area contributed by atoms with Crippen LogP contribution in [0, 0.1) is 0 Å². The van der Waals surface area contributed by atoms with Gasteiger partial charge in [0.25, 0.3) is 0 Å². The lowest BCUT2D eigenvalue weighted by atomic mass is 9.99. The summed E-state index contributed by atoms with van der Waals surface area (Å²) in [5, 5.41) is 53.9. The molecule has 1 fully saturated rings. The van der Waals surface area contributed by atoms with Crippen molar-refractivity contribution in [2.75, 3.05) is 13.2 Å². The molecule has 6 N–H and O–H groups in total. The average Bonchev–Trinajstić information content (AvgIpc) is 3.16. The van der Waals surface area contributed by atoms with Crippen LogP contribution in [-0.4, -0.2) is 87.5 Å². The maximum Gasteiger partial charge on any atom is 0.220 e. The molecule has 1 aliphatic heterocycles. The molecule has 9 heteroatoms. The summed E-state index contributed by atoms with van der Waals surface area (Å²) in [4.78, 5) is 12.9. The van der Waals surface area contributed by atoms with E-state index in [0.717, 1.165) is 38.5 Å². The van der Waals surface area contributed by atoms with Crippen LogP contribution in [-0.2, 0) is 14.3 Å². The number of ether oxygens (including phenoxy) is 2. The Morgan fingerprint density at radius 1 is 0.623 bits per heavy atom. The van der Waals surface area contributed by atoms with E-state index in [4.69, 9.17) is 9.47 Å². The Bertz CT molecular complexity index is 883. The van der Waals surface area contributed by atoms with Crippen LogP contribution < -0.4 is 5.32 Å². The first-order valence-electron chi connectivity index (χ1n) is 22.1. The van der Waals surface area contributed by atoms with Crippen LogP contribution in [0.2, 0.25) is 0 Å². The molecule has 0 bridgehead atoms. The number of hydrogen-bond donors (Lipinski definition) is 6. The Hall–Kier alpha value is -1.33. The quantitative estimate of drug-likeness (QED) is 0.0275. The lowest BCUT2D eigenvalue weighted by Gasteiger charge is -2.40. The van der Waals surface area contributed by atoms with Crippen molar-refractivity contribution in [3.63, 3.8) is 0 Å². The molecule has 1 aliphatic rings. The van der Waals surface area contributed by atoms with E-state index in [1.165, 1.54) is 135 Å². The summed E-state index contributed by atoms with van der Waals surface area (Å²) >= 11 is 0. The number of hydrogen-bond acceptors (Lipinski definition) is 8. The van der Waals surface area contributed by atoms with Gasteiger partial charge in [-0.2, -0.15) is 0 Å². The van der Waals surface area contributed by atoms with E-state index in [0.29, 0.717) is 6.42 Å². The van der Waals surface area contributed by atoms with E-state index < -0.39 is 49.5 Å². The van der Waals surface area contributed by atoms with E-state index in [1.807, 2.05) is 6.08 Å². The lowest BCUT2D eigenvalue weighted by Crippen LogP contribution is -2.60. The van der Waals surface area contributed by atoms with E-state index in [-0.39, 0.29) is 12.5 Å². The van der Waals surface area contributed by atoms with Gasteiger partial charge in [0.2, 0.25) is 5.91 Å². The number of nitrogens with one attached hydrogen (secondary N) is 1. The zero-order valence-corrected chi connectivity index (χ0v) is 34.0. The van der Waals surface area contributed by atoms with E-state index in [9.17, 15) is 30.3 Å². The molecule has 0 radical (unpaired) electrons. The second-order valence-corrected chi connectivity index (χ2v) is 15.5. The topological polar surface area (TPSA) is 149 Å². The molecule has 0 aromatic heterocycles. The van der Waals surface area contributed by atoms with Crippen LogP contribution >= 0.6 is 0 Å². The highest BCUT2D eigenvalue weighted by atomic mass is 16.7. The number of rotatable bonds is 36. The number of amides is 1. The van der Waals surface area contributed by atoms with Crippen molar-refractivity contribution in [1.82, 2.24) is 5.32 Å². The number of carbonyl (C=O) groups excluding carboxylic acids is 1. The van der Waals surface area contributed by atoms with Crippen LogP contribution in [0.25, 0.3) is 0 Å². The van der Waals surface area contributed by atoms with Crippen LogP contribution in [0.4, 0.5) is 0 Å². The Morgan fingerprint density at radius 3 is 1.53 bits per heavy atom. The molecule has 0 aromatic carbocycles. The first-order valence-corrected chi connectivity index (χ1v) is 22.1. The molecule has 1 saturated heterocycles. The standard InChI is InChI=1S/C44H83NO8/c1-3-5-7-9-11-13-14-15-16-17-18-19-20-21-22-23-24-26-28-30-32-34-40(48)45-37(38(47)33-31-29-27-25-12-10-8-6-4-2)36-52-44-43(51)42(50)41(49)39(35-46)53-44/h15-16,31,33,37-39,41-44,46-47,49-51H,3-14,17-30,32,34-36H2,1-2H3,(H,45,48)/b16-15-,33-31+/t37-,38+,39+,41+,42?,43?,44+/m0/s1. The SMILES string of the molecule is CCCCCCCC/C=C\CCCCCCCCCCCCCC(=O)N[C@@H](CO[C@@H]1O[C@H](CO)[C@@H](O)C(O)C1O)[C@H](O)/C=C/CCCCCCCCC. The summed E-state index contributed by atoms with van der Waals surface area (Å²) in [5.41, 5.74) is 0. The molecule has 0 spiro atoms. The summed E-state index contributed by atoms with van der Waals surface area (Å²) < 4.78 is 11.2. The minimum absolute atomic E-state index is 0.180. The van der Waals surface area contributed by atoms with Crippen molar-refractivity contribution in [2.45, 2.75) is 236 Å². The molecule has 7 atom stereocenters. The van der Waals surface area contributed by atoms with Gasteiger partial charge in [-0.15, -0.1) is 0 Å². The number of carbonyl (C=O) groups is 1. The normalized spacial score (nSPS) is 21.8. The van der Waals surface area contributed by atoms with Gasteiger partial charge in [0.15, 0.2) is 6.29 Å². The second-order valence-electron chi connectivity index (χ2n) is 15.5. The zero-order valence-electron chi connectivity index (χ0n) is 34.0. The minimum atomic E-state index is -1.56. The Balaban J connectivity index is 2.28.